The third-order valence-corrected chi connectivity index (χ3v) is 6.10. The Morgan fingerprint density at radius 3 is 2.33 bits per heavy atom. The van der Waals surface area contributed by atoms with E-state index in [2.05, 4.69) is 5.10 Å². The molecular formula is C28H27F2N3O3. The van der Waals surface area contributed by atoms with Crippen LogP contribution in [-0.2, 0) is 9.53 Å². The van der Waals surface area contributed by atoms with Gasteiger partial charge in [0.1, 0.15) is 18.2 Å². The second-order valence-corrected chi connectivity index (χ2v) is 8.59. The number of carbonyl (C=O) groups is 2. The smallest absolute Gasteiger partial charge is 0.262 e. The second kappa shape index (κ2) is 11.2. The summed E-state index contributed by atoms with van der Waals surface area (Å²) in [6.07, 6.45) is 0.315. The van der Waals surface area contributed by atoms with Crippen LogP contribution in [0.3, 0.4) is 0 Å². The molecule has 4 rings (SSSR count). The minimum absolute atomic E-state index is 0.0856. The summed E-state index contributed by atoms with van der Waals surface area (Å²) in [7, 11) is 1.48. The van der Waals surface area contributed by atoms with Crippen molar-refractivity contribution in [1.82, 2.24) is 9.91 Å². The number of ether oxygens (including phenoxy) is 1. The number of nitrogens with zero attached hydrogens (tertiary/aromatic N) is 3. The first-order valence-corrected chi connectivity index (χ1v) is 11.6. The first-order chi connectivity index (χ1) is 17.4. The summed E-state index contributed by atoms with van der Waals surface area (Å²) in [6.45, 7) is 1.87. The summed E-state index contributed by atoms with van der Waals surface area (Å²) in [6, 6.07) is 19.1. The zero-order valence-electron chi connectivity index (χ0n) is 20.2. The van der Waals surface area contributed by atoms with Gasteiger partial charge < -0.3 is 9.64 Å². The number of benzene rings is 3. The van der Waals surface area contributed by atoms with Gasteiger partial charge in [-0.25, -0.2) is 13.8 Å². The minimum atomic E-state index is -0.670. The van der Waals surface area contributed by atoms with Gasteiger partial charge in [-0.1, -0.05) is 60.2 Å². The standard InChI is InChI=1S/C28H27F2N3O3/c1-19-11-13-20(14-12-19)26-17-25(21-7-3-5-9-23(21)29)31-33(26)27(34)18-32(15-16-36-2)28(35)22-8-4-6-10-24(22)30/h3-14,26H,15-18H2,1-2H3. The SMILES string of the molecule is COCCN(CC(=O)N1N=C(c2ccccc2F)CC1c1ccc(C)cc1)C(=O)c1ccccc1F. The monoisotopic (exact) mass is 491 g/mol. The van der Waals surface area contributed by atoms with Crippen LogP contribution in [0.5, 0.6) is 0 Å². The molecule has 1 atom stereocenters. The number of rotatable bonds is 8. The van der Waals surface area contributed by atoms with Crippen molar-refractivity contribution in [2.75, 3.05) is 26.8 Å². The van der Waals surface area contributed by atoms with Crippen LogP contribution >= 0.6 is 0 Å². The van der Waals surface area contributed by atoms with Gasteiger partial charge in [0.25, 0.3) is 11.8 Å². The summed E-state index contributed by atoms with van der Waals surface area (Å²) in [5, 5.41) is 5.81. The molecule has 1 heterocycles. The van der Waals surface area contributed by atoms with Crippen LogP contribution in [0.25, 0.3) is 0 Å². The van der Waals surface area contributed by atoms with E-state index in [0.29, 0.717) is 17.7 Å². The van der Waals surface area contributed by atoms with Crippen molar-refractivity contribution in [2.45, 2.75) is 19.4 Å². The third kappa shape index (κ3) is 5.49. The van der Waals surface area contributed by atoms with Gasteiger partial charge in [-0.3, -0.25) is 9.59 Å². The average Bonchev–Trinajstić information content (AvgIpc) is 3.32. The Kier molecular flexibility index (Phi) is 7.85. The van der Waals surface area contributed by atoms with Gasteiger partial charge in [-0.05, 0) is 30.7 Å². The van der Waals surface area contributed by atoms with Gasteiger partial charge in [0.05, 0.1) is 23.9 Å². The molecule has 36 heavy (non-hydrogen) atoms. The number of halogens is 2. The van der Waals surface area contributed by atoms with Crippen molar-refractivity contribution in [3.63, 3.8) is 0 Å². The first kappa shape index (κ1) is 25.2. The van der Waals surface area contributed by atoms with Crippen LogP contribution in [0.4, 0.5) is 8.78 Å². The fourth-order valence-electron chi connectivity index (χ4n) is 4.14. The van der Waals surface area contributed by atoms with E-state index < -0.39 is 29.5 Å². The van der Waals surface area contributed by atoms with Crippen LogP contribution < -0.4 is 0 Å². The lowest BCUT2D eigenvalue weighted by Crippen LogP contribution is -2.43. The van der Waals surface area contributed by atoms with Gasteiger partial charge >= 0.3 is 0 Å². The van der Waals surface area contributed by atoms with Crippen LogP contribution in [0.15, 0.2) is 77.9 Å². The van der Waals surface area contributed by atoms with Gasteiger partial charge in [-0.15, -0.1) is 0 Å². The Balaban J connectivity index is 1.65. The van der Waals surface area contributed by atoms with E-state index in [1.807, 2.05) is 31.2 Å². The van der Waals surface area contributed by atoms with E-state index in [0.717, 1.165) is 11.1 Å². The zero-order chi connectivity index (χ0) is 25.7. The maximum absolute atomic E-state index is 14.5. The maximum Gasteiger partial charge on any atom is 0.262 e. The fourth-order valence-corrected chi connectivity index (χ4v) is 4.14. The molecule has 0 radical (unpaired) electrons. The summed E-state index contributed by atoms with van der Waals surface area (Å²) < 4.78 is 34.0. The maximum atomic E-state index is 14.5. The third-order valence-electron chi connectivity index (χ3n) is 6.10. The van der Waals surface area contributed by atoms with Crippen LogP contribution in [0.1, 0.15) is 39.5 Å². The summed E-state index contributed by atoms with van der Waals surface area (Å²) in [5.74, 6) is -2.18. The van der Waals surface area contributed by atoms with Gasteiger partial charge in [0.15, 0.2) is 0 Å². The molecule has 0 aromatic heterocycles. The van der Waals surface area contributed by atoms with Gasteiger partial charge in [0, 0.05) is 25.6 Å². The molecule has 0 fully saturated rings. The topological polar surface area (TPSA) is 62.2 Å². The molecule has 0 bridgehead atoms. The predicted molar refractivity (Wildman–Crippen MR) is 132 cm³/mol. The number of amides is 2. The van der Waals surface area contributed by atoms with Crippen molar-refractivity contribution in [1.29, 1.82) is 0 Å². The molecule has 6 nitrogen and oxygen atoms in total. The van der Waals surface area contributed by atoms with Crippen LogP contribution in [0, 0.1) is 18.6 Å². The molecule has 1 aliphatic rings. The molecule has 3 aromatic carbocycles. The Bertz CT molecular complexity index is 1280. The van der Waals surface area contributed by atoms with E-state index in [9.17, 15) is 18.4 Å². The molecular weight excluding hydrogens is 464 g/mol. The lowest BCUT2D eigenvalue weighted by Gasteiger charge is -2.27. The molecule has 3 aromatic rings. The van der Waals surface area contributed by atoms with E-state index in [-0.39, 0.29) is 25.3 Å². The molecule has 0 aliphatic carbocycles. The lowest BCUT2D eigenvalue weighted by atomic mass is 9.97. The Morgan fingerprint density at radius 2 is 1.67 bits per heavy atom. The highest BCUT2D eigenvalue weighted by Gasteiger charge is 2.35. The molecule has 1 unspecified atom stereocenters. The largest absolute Gasteiger partial charge is 0.383 e. The Hall–Kier alpha value is -3.91. The fraction of sp³-hybridized carbons (Fsp3) is 0.250. The quantitative estimate of drug-likeness (QED) is 0.457. The summed E-state index contributed by atoms with van der Waals surface area (Å²) in [5.41, 5.74) is 2.53. The molecule has 2 amide bonds. The summed E-state index contributed by atoms with van der Waals surface area (Å²) in [4.78, 5) is 27.9. The summed E-state index contributed by atoms with van der Waals surface area (Å²) >= 11 is 0. The predicted octanol–water partition coefficient (Wildman–Crippen LogP) is 4.74. The Labute approximate surface area is 208 Å². The van der Waals surface area contributed by atoms with E-state index >= 15 is 0 Å². The highest BCUT2D eigenvalue weighted by Crippen LogP contribution is 2.33. The number of carbonyl (C=O) groups excluding carboxylic acids is 2. The lowest BCUT2D eigenvalue weighted by molar-refractivity contribution is -0.133. The normalized spacial score (nSPS) is 15.1. The average molecular weight is 492 g/mol. The molecule has 0 saturated heterocycles. The number of hydrogen-bond acceptors (Lipinski definition) is 4. The molecule has 8 heteroatoms. The van der Waals surface area contributed by atoms with E-state index in [1.165, 1.54) is 41.3 Å². The number of methoxy groups -OCH3 is 1. The van der Waals surface area contributed by atoms with Gasteiger partial charge in [0.2, 0.25) is 0 Å². The molecule has 0 N–H and O–H groups in total. The zero-order valence-corrected chi connectivity index (χ0v) is 20.2. The molecule has 0 spiro atoms. The Morgan fingerprint density at radius 1 is 1.00 bits per heavy atom. The van der Waals surface area contributed by atoms with E-state index in [1.54, 1.807) is 24.3 Å². The molecule has 0 saturated carbocycles. The van der Waals surface area contributed by atoms with Crippen molar-refractivity contribution >= 4 is 17.5 Å². The van der Waals surface area contributed by atoms with Crippen molar-refractivity contribution in [2.24, 2.45) is 5.10 Å². The number of hydrazone groups is 1. The van der Waals surface area contributed by atoms with Gasteiger partial charge in [-0.2, -0.15) is 5.10 Å². The van der Waals surface area contributed by atoms with Crippen LogP contribution in [0.2, 0.25) is 0 Å². The number of aryl methyl sites for hydroxylation is 1. The van der Waals surface area contributed by atoms with Crippen molar-refractivity contribution in [3.8, 4) is 0 Å². The second-order valence-electron chi connectivity index (χ2n) is 8.59. The number of hydrogen-bond donors (Lipinski definition) is 0. The van der Waals surface area contributed by atoms with Crippen LogP contribution in [-0.4, -0.2) is 54.2 Å². The highest BCUT2D eigenvalue weighted by atomic mass is 19.1. The molecule has 1 aliphatic heterocycles. The van der Waals surface area contributed by atoms with E-state index in [4.69, 9.17) is 4.74 Å². The molecule has 186 valence electrons. The minimum Gasteiger partial charge on any atom is -0.383 e. The van der Waals surface area contributed by atoms with Crippen molar-refractivity contribution in [3.05, 3.63) is 107 Å². The van der Waals surface area contributed by atoms with Crippen molar-refractivity contribution < 1.29 is 23.1 Å². The highest BCUT2D eigenvalue weighted by molar-refractivity contribution is 6.04. The first-order valence-electron chi connectivity index (χ1n) is 11.6.